The minimum Gasteiger partial charge on any atom is -0.318 e. The van der Waals surface area contributed by atoms with Crippen molar-refractivity contribution in [2.24, 2.45) is 5.73 Å². The Kier molecular flexibility index (Phi) is 2.14. The number of amides is 1. The second kappa shape index (κ2) is 3.33. The first-order valence-electron chi connectivity index (χ1n) is 4.40. The molecule has 1 aliphatic heterocycles. The molecule has 2 N–H and O–H groups in total. The number of carbonyl (C=O) groups excluding carboxylic acids is 1. The van der Waals surface area contributed by atoms with Gasteiger partial charge in [-0.1, -0.05) is 0 Å². The molecule has 1 unspecified atom stereocenters. The lowest BCUT2D eigenvalue weighted by atomic mass is 10.0. The van der Waals surface area contributed by atoms with E-state index in [1.54, 1.807) is 0 Å². The number of benzene rings is 1. The Morgan fingerprint density at radius 1 is 1.60 bits per heavy atom. The van der Waals surface area contributed by atoms with Crippen LogP contribution in [0.5, 0.6) is 0 Å². The third kappa shape index (κ3) is 1.45. The van der Waals surface area contributed by atoms with Crippen molar-refractivity contribution in [1.29, 1.82) is 5.26 Å². The molecule has 4 nitrogen and oxygen atoms in total. The van der Waals surface area contributed by atoms with Gasteiger partial charge in [-0.2, -0.15) is 5.26 Å². The molecule has 0 radical (unpaired) electrons. The Bertz CT molecular complexity index is 466. The monoisotopic (exact) mass is 205 g/mol. The van der Waals surface area contributed by atoms with E-state index in [0.717, 1.165) is 6.07 Å². The van der Waals surface area contributed by atoms with Crippen LogP contribution in [-0.2, 0) is 4.79 Å². The van der Waals surface area contributed by atoms with Crippen LogP contribution in [0.25, 0.3) is 0 Å². The highest BCUT2D eigenvalue weighted by atomic mass is 19.1. The fourth-order valence-corrected chi connectivity index (χ4v) is 1.50. The number of β-lactam (4-membered cyclic amide) rings is 1. The van der Waals surface area contributed by atoms with Gasteiger partial charge < -0.3 is 10.6 Å². The molecule has 0 bridgehead atoms. The van der Waals surface area contributed by atoms with Crippen LogP contribution in [0.1, 0.15) is 5.56 Å². The molecule has 0 aliphatic carbocycles. The lowest BCUT2D eigenvalue weighted by Gasteiger charge is -2.36. The predicted octanol–water partition coefficient (Wildman–Crippen LogP) is 0.371. The average Bonchev–Trinajstić information content (AvgIpc) is 2.25. The molecule has 76 valence electrons. The minimum absolute atomic E-state index is 0.148. The zero-order valence-corrected chi connectivity index (χ0v) is 7.77. The number of rotatable bonds is 1. The van der Waals surface area contributed by atoms with Crippen molar-refractivity contribution in [3.05, 3.63) is 29.6 Å². The summed E-state index contributed by atoms with van der Waals surface area (Å²) in [7, 11) is 0. The van der Waals surface area contributed by atoms with Gasteiger partial charge >= 0.3 is 0 Å². The number of nitriles is 1. The maximum absolute atomic E-state index is 12.8. The molecule has 15 heavy (non-hydrogen) atoms. The molecule has 1 aromatic rings. The van der Waals surface area contributed by atoms with E-state index < -0.39 is 11.9 Å². The van der Waals surface area contributed by atoms with Gasteiger partial charge in [-0.05, 0) is 18.2 Å². The summed E-state index contributed by atoms with van der Waals surface area (Å²) in [6.45, 7) is 0.374. The molecule has 0 aromatic heterocycles. The summed E-state index contributed by atoms with van der Waals surface area (Å²) in [6, 6.07) is 5.08. The lowest BCUT2D eigenvalue weighted by Crippen LogP contribution is -2.61. The number of halogens is 1. The molecular weight excluding hydrogens is 197 g/mol. The zero-order valence-electron chi connectivity index (χ0n) is 7.77. The van der Waals surface area contributed by atoms with Crippen LogP contribution in [0, 0.1) is 17.1 Å². The van der Waals surface area contributed by atoms with Gasteiger partial charge in [0, 0.05) is 0 Å². The quantitative estimate of drug-likeness (QED) is 0.673. The van der Waals surface area contributed by atoms with Crippen molar-refractivity contribution in [1.82, 2.24) is 0 Å². The van der Waals surface area contributed by atoms with Crippen molar-refractivity contribution in [2.75, 3.05) is 11.4 Å². The molecule has 0 spiro atoms. The van der Waals surface area contributed by atoms with E-state index >= 15 is 0 Å². The molecular formula is C10H8FN3O. The Hall–Kier alpha value is -1.93. The molecule has 1 atom stereocenters. The highest BCUT2D eigenvalue weighted by Gasteiger charge is 2.35. The summed E-state index contributed by atoms with van der Waals surface area (Å²) < 4.78 is 12.8. The van der Waals surface area contributed by atoms with Gasteiger partial charge in [0.05, 0.1) is 17.8 Å². The second-order valence-corrected chi connectivity index (χ2v) is 3.33. The van der Waals surface area contributed by atoms with E-state index in [-0.39, 0.29) is 11.5 Å². The highest BCUT2D eigenvalue weighted by Crippen LogP contribution is 2.25. The van der Waals surface area contributed by atoms with Gasteiger partial charge in [-0.15, -0.1) is 0 Å². The SMILES string of the molecule is N#Cc1cc(F)ccc1N1CC(N)C1=O. The molecule has 1 saturated heterocycles. The van der Waals surface area contributed by atoms with Crippen LogP contribution in [0.4, 0.5) is 10.1 Å². The minimum atomic E-state index is -0.499. The summed E-state index contributed by atoms with van der Waals surface area (Å²) in [5.41, 5.74) is 5.99. The van der Waals surface area contributed by atoms with Gasteiger partial charge in [-0.3, -0.25) is 4.79 Å². The van der Waals surface area contributed by atoms with E-state index in [1.807, 2.05) is 6.07 Å². The second-order valence-electron chi connectivity index (χ2n) is 3.33. The molecule has 1 amide bonds. The number of carbonyl (C=O) groups is 1. The number of nitrogens with two attached hydrogens (primary N) is 1. The highest BCUT2D eigenvalue weighted by molar-refractivity contribution is 6.04. The number of hydrogen-bond acceptors (Lipinski definition) is 3. The maximum Gasteiger partial charge on any atom is 0.245 e. The summed E-state index contributed by atoms with van der Waals surface area (Å²) >= 11 is 0. The Balaban J connectivity index is 2.38. The Morgan fingerprint density at radius 3 is 2.87 bits per heavy atom. The summed E-state index contributed by atoms with van der Waals surface area (Å²) in [4.78, 5) is 12.7. The molecule has 2 rings (SSSR count). The standard InChI is InChI=1S/C10H8FN3O/c11-7-1-2-9(6(3-7)4-12)14-5-8(13)10(14)15/h1-3,8H,5,13H2. The van der Waals surface area contributed by atoms with Gasteiger partial charge in [0.15, 0.2) is 0 Å². The maximum atomic E-state index is 12.8. The summed E-state index contributed by atoms with van der Waals surface area (Å²) in [6.07, 6.45) is 0. The van der Waals surface area contributed by atoms with Crippen LogP contribution in [0.3, 0.4) is 0 Å². The summed E-state index contributed by atoms with van der Waals surface area (Å²) in [5.74, 6) is -0.731. The van der Waals surface area contributed by atoms with Crippen LogP contribution >= 0.6 is 0 Å². The number of hydrogen-bond donors (Lipinski definition) is 1. The Labute approximate surface area is 85.7 Å². The first-order valence-corrected chi connectivity index (χ1v) is 4.40. The van der Waals surface area contributed by atoms with E-state index in [2.05, 4.69) is 0 Å². The molecule has 1 heterocycles. The molecule has 0 saturated carbocycles. The van der Waals surface area contributed by atoms with Gasteiger partial charge in [0.1, 0.15) is 17.9 Å². The van der Waals surface area contributed by atoms with Crippen LogP contribution in [0.15, 0.2) is 18.2 Å². The predicted molar refractivity (Wildman–Crippen MR) is 51.4 cm³/mol. The average molecular weight is 205 g/mol. The Morgan fingerprint density at radius 2 is 2.33 bits per heavy atom. The topological polar surface area (TPSA) is 70.1 Å². The summed E-state index contributed by atoms with van der Waals surface area (Å²) in [5, 5.41) is 8.78. The van der Waals surface area contributed by atoms with Crippen LogP contribution in [0.2, 0.25) is 0 Å². The van der Waals surface area contributed by atoms with E-state index in [1.165, 1.54) is 17.0 Å². The third-order valence-electron chi connectivity index (χ3n) is 2.33. The van der Waals surface area contributed by atoms with E-state index in [0.29, 0.717) is 12.2 Å². The number of nitrogens with zero attached hydrogens (tertiary/aromatic N) is 2. The van der Waals surface area contributed by atoms with Crippen LogP contribution in [-0.4, -0.2) is 18.5 Å². The zero-order chi connectivity index (χ0) is 11.0. The van der Waals surface area contributed by atoms with Gasteiger partial charge in [0.25, 0.3) is 0 Å². The first-order chi connectivity index (χ1) is 7.13. The van der Waals surface area contributed by atoms with Crippen LogP contribution < -0.4 is 10.6 Å². The van der Waals surface area contributed by atoms with Crippen molar-refractivity contribution in [2.45, 2.75) is 6.04 Å². The van der Waals surface area contributed by atoms with Crippen molar-refractivity contribution < 1.29 is 9.18 Å². The molecule has 1 aliphatic rings. The largest absolute Gasteiger partial charge is 0.318 e. The smallest absolute Gasteiger partial charge is 0.245 e. The van der Waals surface area contributed by atoms with Crippen molar-refractivity contribution in [3.8, 4) is 6.07 Å². The fraction of sp³-hybridized carbons (Fsp3) is 0.200. The van der Waals surface area contributed by atoms with Gasteiger partial charge in [0.2, 0.25) is 5.91 Å². The molecule has 5 heteroatoms. The van der Waals surface area contributed by atoms with E-state index in [4.69, 9.17) is 11.0 Å². The fourth-order valence-electron chi connectivity index (χ4n) is 1.50. The van der Waals surface area contributed by atoms with Gasteiger partial charge in [-0.25, -0.2) is 4.39 Å². The molecule has 1 fully saturated rings. The van der Waals surface area contributed by atoms with Crippen molar-refractivity contribution in [3.63, 3.8) is 0 Å². The van der Waals surface area contributed by atoms with Crippen molar-refractivity contribution >= 4 is 11.6 Å². The lowest BCUT2D eigenvalue weighted by molar-refractivity contribution is -0.123. The molecule has 1 aromatic carbocycles. The normalized spacial score (nSPS) is 19.7. The van der Waals surface area contributed by atoms with E-state index in [9.17, 15) is 9.18 Å². The number of anilines is 1. The first kappa shape index (κ1) is 9.62. The third-order valence-corrected chi connectivity index (χ3v) is 2.33.